The van der Waals surface area contributed by atoms with E-state index in [1.165, 1.54) is 0 Å². The molecule has 0 aliphatic heterocycles. The molecule has 100 valence electrons. The van der Waals surface area contributed by atoms with Crippen LogP contribution >= 0.6 is 0 Å². The molecule has 0 radical (unpaired) electrons. The van der Waals surface area contributed by atoms with Gasteiger partial charge in [-0.05, 0) is 25.8 Å². The first-order chi connectivity index (χ1) is 9.16. The maximum atomic E-state index is 11.5. The number of carboxylic acid groups (broad SMARTS) is 1. The first kappa shape index (κ1) is 12.2. The molecule has 1 aliphatic rings. The molecule has 1 N–H and O–H groups in total. The van der Waals surface area contributed by atoms with Gasteiger partial charge in [0.1, 0.15) is 0 Å². The zero-order valence-corrected chi connectivity index (χ0v) is 11.1. The molecule has 2 aromatic rings. The van der Waals surface area contributed by atoms with Crippen molar-refractivity contribution in [1.82, 2.24) is 9.78 Å². The van der Waals surface area contributed by atoms with Gasteiger partial charge in [-0.2, -0.15) is 5.10 Å². The lowest BCUT2D eigenvalue weighted by Crippen LogP contribution is -2.40. The number of aliphatic carboxylic acids is 1. The van der Waals surface area contributed by atoms with E-state index in [2.05, 4.69) is 12.0 Å². The van der Waals surface area contributed by atoms with Crippen molar-refractivity contribution >= 4 is 16.9 Å². The summed E-state index contributed by atoms with van der Waals surface area (Å²) in [5, 5.41) is 15.2. The van der Waals surface area contributed by atoms with Crippen molar-refractivity contribution in [3.05, 3.63) is 30.0 Å². The van der Waals surface area contributed by atoms with Gasteiger partial charge in [0.25, 0.3) is 0 Å². The van der Waals surface area contributed by atoms with Crippen molar-refractivity contribution < 1.29 is 9.90 Å². The monoisotopic (exact) mass is 258 g/mol. The highest BCUT2D eigenvalue weighted by molar-refractivity contribution is 5.83. The summed E-state index contributed by atoms with van der Waals surface area (Å²) in [5.74, 6) is -0.672. The zero-order valence-electron chi connectivity index (χ0n) is 11.1. The fourth-order valence-electron chi connectivity index (χ4n) is 2.96. The Hall–Kier alpha value is -1.84. The number of aryl methyl sites for hydroxylation is 1. The molecule has 1 heterocycles. The Kier molecular flexibility index (Phi) is 2.81. The second kappa shape index (κ2) is 4.37. The van der Waals surface area contributed by atoms with E-state index in [0.717, 1.165) is 42.4 Å². The van der Waals surface area contributed by atoms with Crippen LogP contribution in [-0.2, 0) is 17.8 Å². The van der Waals surface area contributed by atoms with Gasteiger partial charge in [0, 0.05) is 18.4 Å². The average Bonchev–Trinajstić information content (AvgIpc) is 2.71. The molecule has 0 spiro atoms. The van der Waals surface area contributed by atoms with Gasteiger partial charge in [0.05, 0.1) is 16.6 Å². The number of hydrogen-bond donors (Lipinski definition) is 1. The molecule has 0 unspecified atom stereocenters. The number of carbonyl (C=O) groups is 1. The third-order valence-corrected chi connectivity index (χ3v) is 4.30. The molecule has 4 heteroatoms. The molecule has 0 amide bonds. The Morgan fingerprint density at radius 2 is 2.16 bits per heavy atom. The molecule has 0 bridgehead atoms. The summed E-state index contributed by atoms with van der Waals surface area (Å²) in [6, 6.07) is 8.07. The second-order valence-corrected chi connectivity index (χ2v) is 5.40. The Bertz CT molecular complexity index is 626. The number of fused-ring (bicyclic) bond motifs is 1. The maximum Gasteiger partial charge on any atom is 0.310 e. The van der Waals surface area contributed by atoms with Gasteiger partial charge in [-0.25, -0.2) is 0 Å². The van der Waals surface area contributed by atoms with E-state index >= 15 is 0 Å². The van der Waals surface area contributed by atoms with E-state index in [4.69, 9.17) is 0 Å². The molecule has 1 aromatic carbocycles. The van der Waals surface area contributed by atoms with Gasteiger partial charge in [-0.15, -0.1) is 0 Å². The predicted octanol–water partition coefficient (Wildman–Crippen LogP) is 2.85. The van der Waals surface area contributed by atoms with Crippen LogP contribution in [0, 0.1) is 5.41 Å². The first-order valence-electron chi connectivity index (χ1n) is 6.84. The van der Waals surface area contributed by atoms with Crippen LogP contribution in [0.4, 0.5) is 0 Å². The van der Waals surface area contributed by atoms with Gasteiger partial charge in [0.15, 0.2) is 0 Å². The quantitative estimate of drug-likeness (QED) is 0.917. The molecule has 4 nitrogen and oxygen atoms in total. The molecular weight excluding hydrogens is 240 g/mol. The highest BCUT2D eigenvalue weighted by Crippen LogP contribution is 2.44. The molecule has 1 aliphatic carbocycles. The van der Waals surface area contributed by atoms with Gasteiger partial charge in [-0.1, -0.05) is 24.6 Å². The van der Waals surface area contributed by atoms with E-state index < -0.39 is 11.4 Å². The van der Waals surface area contributed by atoms with Crippen LogP contribution in [0.25, 0.3) is 10.9 Å². The summed E-state index contributed by atoms with van der Waals surface area (Å²) < 4.78 is 1.96. The molecule has 19 heavy (non-hydrogen) atoms. The highest BCUT2D eigenvalue weighted by Gasteiger charge is 2.45. The van der Waals surface area contributed by atoms with Crippen LogP contribution in [0.3, 0.4) is 0 Å². The van der Waals surface area contributed by atoms with Crippen molar-refractivity contribution in [2.24, 2.45) is 5.41 Å². The summed E-state index contributed by atoms with van der Waals surface area (Å²) in [6.07, 6.45) is 3.11. The van der Waals surface area contributed by atoms with Crippen LogP contribution in [0.1, 0.15) is 31.9 Å². The number of benzene rings is 1. The fraction of sp³-hybridized carbons (Fsp3) is 0.467. The number of para-hydroxylation sites is 1. The zero-order chi connectivity index (χ0) is 13.5. The van der Waals surface area contributed by atoms with E-state index in [1.807, 2.05) is 28.9 Å². The Labute approximate surface area is 112 Å². The maximum absolute atomic E-state index is 11.5. The predicted molar refractivity (Wildman–Crippen MR) is 73.0 cm³/mol. The largest absolute Gasteiger partial charge is 0.481 e. The lowest BCUT2D eigenvalue weighted by atomic mass is 9.66. The molecule has 3 rings (SSSR count). The third kappa shape index (κ3) is 1.82. The molecule has 0 saturated heterocycles. The molecule has 1 fully saturated rings. The smallest absolute Gasteiger partial charge is 0.310 e. The van der Waals surface area contributed by atoms with Crippen LogP contribution in [0.15, 0.2) is 24.3 Å². The molecule has 1 aromatic heterocycles. The average molecular weight is 258 g/mol. The summed E-state index contributed by atoms with van der Waals surface area (Å²) in [7, 11) is 0. The Morgan fingerprint density at radius 1 is 1.42 bits per heavy atom. The minimum Gasteiger partial charge on any atom is -0.481 e. The topological polar surface area (TPSA) is 55.1 Å². The first-order valence-corrected chi connectivity index (χ1v) is 6.84. The summed E-state index contributed by atoms with van der Waals surface area (Å²) in [5.41, 5.74) is 1.45. The summed E-state index contributed by atoms with van der Waals surface area (Å²) >= 11 is 0. The number of aromatic nitrogens is 2. The number of carboxylic acids is 1. The van der Waals surface area contributed by atoms with Crippen molar-refractivity contribution in [3.63, 3.8) is 0 Å². The van der Waals surface area contributed by atoms with Crippen molar-refractivity contribution in [2.75, 3.05) is 0 Å². The van der Waals surface area contributed by atoms with E-state index in [9.17, 15) is 9.90 Å². The van der Waals surface area contributed by atoms with Gasteiger partial charge in [-0.3, -0.25) is 9.48 Å². The minimum absolute atomic E-state index is 0.551. The lowest BCUT2D eigenvalue weighted by molar-refractivity contribution is -0.154. The Balaban J connectivity index is 2.03. The minimum atomic E-state index is -0.672. The summed E-state index contributed by atoms with van der Waals surface area (Å²) in [4.78, 5) is 11.5. The van der Waals surface area contributed by atoms with Crippen molar-refractivity contribution in [1.29, 1.82) is 0 Å². The van der Waals surface area contributed by atoms with Crippen LogP contribution < -0.4 is 0 Å². The third-order valence-electron chi connectivity index (χ3n) is 4.30. The van der Waals surface area contributed by atoms with Crippen LogP contribution in [0.5, 0.6) is 0 Å². The van der Waals surface area contributed by atoms with E-state index in [1.54, 1.807) is 0 Å². The number of hydrogen-bond acceptors (Lipinski definition) is 2. The van der Waals surface area contributed by atoms with Crippen molar-refractivity contribution in [3.8, 4) is 0 Å². The van der Waals surface area contributed by atoms with E-state index in [-0.39, 0.29) is 0 Å². The number of nitrogens with zero attached hydrogens (tertiary/aromatic N) is 2. The second-order valence-electron chi connectivity index (χ2n) is 5.40. The normalized spacial score (nSPS) is 17.3. The van der Waals surface area contributed by atoms with Gasteiger partial charge >= 0.3 is 5.97 Å². The molecule has 1 saturated carbocycles. The summed E-state index contributed by atoms with van der Waals surface area (Å²) in [6.45, 7) is 2.86. The van der Waals surface area contributed by atoms with E-state index in [0.29, 0.717) is 6.42 Å². The van der Waals surface area contributed by atoms with Crippen LogP contribution in [-0.4, -0.2) is 20.9 Å². The molecule has 0 atom stereocenters. The fourth-order valence-corrected chi connectivity index (χ4v) is 2.96. The van der Waals surface area contributed by atoms with Gasteiger partial charge < -0.3 is 5.11 Å². The standard InChI is InChI=1S/C15H18N2O2/c1-2-17-13-7-4-3-6-11(13)12(16-17)10-15(14(18)19)8-5-9-15/h3-4,6-7H,2,5,8-10H2,1H3,(H,18,19). The van der Waals surface area contributed by atoms with Crippen molar-refractivity contribution in [2.45, 2.75) is 39.2 Å². The SMILES string of the molecule is CCn1nc(CC2(C(=O)O)CCC2)c2ccccc21. The highest BCUT2D eigenvalue weighted by atomic mass is 16.4. The Morgan fingerprint density at radius 3 is 2.74 bits per heavy atom. The lowest BCUT2D eigenvalue weighted by Gasteiger charge is -2.37. The number of rotatable bonds is 4. The molecular formula is C15H18N2O2. The van der Waals surface area contributed by atoms with Gasteiger partial charge in [0.2, 0.25) is 0 Å². The van der Waals surface area contributed by atoms with Crippen LogP contribution in [0.2, 0.25) is 0 Å².